The minimum Gasteiger partial charge on any atom is -0.143 e. The molecule has 0 aliphatic carbocycles. The zero-order valence-electron chi connectivity index (χ0n) is 8.67. The largest absolute Gasteiger partial charge is 0.143 e. The molecular weight excluding hydrogens is 176 g/mol. The molecule has 0 aliphatic rings. The van der Waals surface area contributed by atoms with Gasteiger partial charge in [-0.2, -0.15) is 0 Å². The van der Waals surface area contributed by atoms with Crippen LogP contribution in [0.3, 0.4) is 0 Å². The molecule has 0 heterocycles. The minimum atomic E-state index is 0.388. The van der Waals surface area contributed by atoms with E-state index in [1.807, 2.05) is 6.07 Å². The molecule has 0 saturated carbocycles. The van der Waals surface area contributed by atoms with Gasteiger partial charge < -0.3 is 0 Å². The SMILES string of the molecule is CCC(C)(C)Cc1ccccc1S. The Morgan fingerprint density at radius 1 is 1.23 bits per heavy atom. The molecule has 0 nitrogen and oxygen atoms in total. The Labute approximate surface area is 86.8 Å². The van der Waals surface area contributed by atoms with E-state index in [2.05, 4.69) is 51.6 Å². The van der Waals surface area contributed by atoms with E-state index in [0.29, 0.717) is 5.41 Å². The predicted molar refractivity (Wildman–Crippen MR) is 61.5 cm³/mol. The first kappa shape index (κ1) is 10.6. The molecule has 0 aliphatic heterocycles. The van der Waals surface area contributed by atoms with Crippen molar-refractivity contribution >= 4 is 12.6 Å². The first-order valence-corrected chi connectivity index (χ1v) is 5.27. The molecule has 0 aromatic heterocycles. The molecule has 13 heavy (non-hydrogen) atoms. The second-order valence-electron chi connectivity index (χ2n) is 4.32. The van der Waals surface area contributed by atoms with E-state index in [1.165, 1.54) is 12.0 Å². The standard InChI is InChI=1S/C12H18S/c1-4-12(2,3)9-10-7-5-6-8-11(10)13/h5-8,13H,4,9H2,1-3H3. The van der Waals surface area contributed by atoms with Crippen LogP contribution >= 0.6 is 12.6 Å². The van der Waals surface area contributed by atoms with E-state index in [0.717, 1.165) is 11.3 Å². The zero-order valence-corrected chi connectivity index (χ0v) is 9.57. The third-order valence-electron chi connectivity index (χ3n) is 2.62. The summed E-state index contributed by atoms with van der Waals surface area (Å²) in [6, 6.07) is 8.34. The van der Waals surface area contributed by atoms with Gasteiger partial charge in [0.2, 0.25) is 0 Å². The Morgan fingerprint density at radius 3 is 2.38 bits per heavy atom. The highest BCUT2D eigenvalue weighted by atomic mass is 32.1. The summed E-state index contributed by atoms with van der Waals surface area (Å²) in [6.45, 7) is 6.83. The summed E-state index contributed by atoms with van der Waals surface area (Å²) in [4.78, 5) is 1.11. The molecule has 1 aromatic carbocycles. The maximum Gasteiger partial charge on any atom is 0.00722 e. The molecule has 0 spiro atoms. The fourth-order valence-electron chi connectivity index (χ4n) is 1.30. The second-order valence-corrected chi connectivity index (χ2v) is 4.81. The van der Waals surface area contributed by atoms with Crippen molar-refractivity contribution in [3.05, 3.63) is 29.8 Å². The molecule has 0 unspecified atom stereocenters. The minimum absolute atomic E-state index is 0.388. The lowest BCUT2D eigenvalue weighted by Gasteiger charge is -2.23. The van der Waals surface area contributed by atoms with Crippen molar-refractivity contribution < 1.29 is 0 Å². The summed E-state index contributed by atoms with van der Waals surface area (Å²) in [5, 5.41) is 0. The molecule has 0 N–H and O–H groups in total. The Morgan fingerprint density at radius 2 is 1.85 bits per heavy atom. The van der Waals surface area contributed by atoms with Crippen molar-refractivity contribution in [2.24, 2.45) is 5.41 Å². The summed E-state index contributed by atoms with van der Waals surface area (Å²) in [5.41, 5.74) is 1.75. The normalized spacial score (nSPS) is 11.7. The van der Waals surface area contributed by atoms with Crippen LogP contribution in [-0.2, 0) is 6.42 Å². The van der Waals surface area contributed by atoms with Crippen LogP contribution in [0.5, 0.6) is 0 Å². The van der Waals surface area contributed by atoms with Crippen molar-refractivity contribution in [3.63, 3.8) is 0 Å². The molecule has 1 aromatic rings. The Bertz CT molecular complexity index is 276. The second kappa shape index (κ2) is 4.19. The van der Waals surface area contributed by atoms with Crippen LogP contribution in [0.2, 0.25) is 0 Å². The molecule has 1 rings (SSSR count). The number of benzene rings is 1. The lowest BCUT2D eigenvalue weighted by atomic mass is 9.83. The fourth-order valence-corrected chi connectivity index (χ4v) is 1.54. The summed E-state index contributed by atoms with van der Waals surface area (Å²) >= 11 is 4.45. The molecule has 0 radical (unpaired) electrons. The number of rotatable bonds is 3. The molecule has 72 valence electrons. The summed E-state index contributed by atoms with van der Waals surface area (Å²) < 4.78 is 0. The van der Waals surface area contributed by atoms with Gasteiger partial charge in [-0.05, 0) is 23.5 Å². The van der Waals surface area contributed by atoms with E-state index >= 15 is 0 Å². The van der Waals surface area contributed by atoms with Crippen LogP contribution in [0, 0.1) is 5.41 Å². The van der Waals surface area contributed by atoms with Crippen LogP contribution in [-0.4, -0.2) is 0 Å². The monoisotopic (exact) mass is 194 g/mol. The number of thiol groups is 1. The molecule has 0 atom stereocenters. The van der Waals surface area contributed by atoms with Gasteiger partial charge in [-0.1, -0.05) is 45.4 Å². The maximum atomic E-state index is 4.45. The third kappa shape index (κ3) is 3.07. The first-order chi connectivity index (χ1) is 6.05. The maximum absolute atomic E-state index is 4.45. The van der Waals surface area contributed by atoms with Crippen molar-refractivity contribution in [3.8, 4) is 0 Å². The van der Waals surface area contributed by atoms with E-state index in [9.17, 15) is 0 Å². The van der Waals surface area contributed by atoms with Crippen LogP contribution in [0.15, 0.2) is 29.2 Å². The highest BCUT2D eigenvalue weighted by molar-refractivity contribution is 7.80. The van der Waals surface area contributed by atoms with E-state index < -0.39 is 0 Å². The molecule has 0 bridgehead atoms. The molecule has 0 saturated heterocycles. The smallest absolute Gasteiger partial charge is 0.00722 e. The van der Waals surface area contributed by atoms with Gasteiger partial charge in [-0.25, -0.2) is 0 Å². The highest BCUT2D eigenvalue weighted by Gasteiger charge is 2.16. The van der Waals surface area contributed by atoms with Crippen LogP contribution in [0.4, 0.5) is 0 Å². The van der Waals surface area contributed by atoms with Gasteiger partial charge in [-0.3, -0.25) is 0 Å². The van der Waals surface area contributed by atoms with E-state index in [4.69, 9.17) is 0 Å². The predicted octanol–water partition coefficient (Wildman–Crippen LogP) is 3.95. The summed E-state index contributed by atoms with van der Waals surface area (Å²) in [7, 11) is 0. The average molecular weight is 194 g/mol. The van der Waals surface area contributed by atoms with E-state index in [1.54, 1.807) is 0 Å². The molecule has 0 fully saturated rings. The lowest BCUT2D eigenvalue weighted by Crippen LogP contribution is -2.13. The number of hydrogen-bond donors (Lipinski definition) is 1. The van der Waals surface area contributed by atoms with Crippen molar-refractivity contribution in [2.75, 3.05) is 0 Å². The van der Waals surface area contributed by atoms with Crippen LogP contribution in [0.25, 0.3) is 0 Å². The van der Waals surface area contributed by atoms with Crippen molar-refractivity contribution in [1.29, 1.82) is 0 Å². The Balaban J connectivity index is 2.80. The Kier molecular flexibility index (Phi) is 3.43. The van der Waals surface area contributed by atoms with Crippen LogP contribution in [0.1, 0.15) is 32.8 Å². The molecule has 0 amide bonds. The van der Waals surface area contributed by atoms with Crippen molar-refractivity contribution in [2.45, 2.75) is 38.5 Å². The highest BCUT2D eigenvalue weighted by Crippen LogP contribution is 2.27. The molecular formula is C12H18S. The van der Waals surface area contributed by atoms with Gasteiger partial charge >= 0.3 is 0 Å². The Hall–Kier alpha value is -0.430. The average Bonchev–Trinajstić information content (AvgIpc) is 2.09. The van der Waals surface area contributed by atoms with E-state index in [-0.39, 0.29) is 0 Å². The topological polar surface area (TPSA) is 0 Å². The van der Waals surface area contributed by atoms with Crippen LogP contribution < -0.4 is 0 Å². The first-order valence-electron chi connectivity index (χ1n) is 4.82. The van der Waals surface area contributed by atoms with Gasteiger partial charge in [0.1, 0.15) is 0 Å². The molecule has 1 heteroatoms. The number of hydrogen-bond acceptors (Lipinski definition) is 1. The fraction of sp³-hybridized carbons (Fsp3) is 0.500. The van der Waals surface area contributed by atoms with Gasteiger partial charge in [-0.15, -0.1) is 12.6 Å². The van der Waals surface area contributed by atoms with Gasteiger partial charge in [0.05, 0.1) is 0 Å². The van der Waals surface area contributed by atoms with Gasteiger partial charge in [0, 0.05) is 4.90 Å². The zero-order chi connectivity index (χ0) is 9.90. The van der Waals surface area contributed by atoms with Crippen molar-refractivity contribution in [1.82, 2.24) is 0 Å². The summed E-state index contributed by atoms with van der Waals surface area (Å²) in [6.07, 6.45) is 2.32. The third-order valence-corrected chi connectivity index (χ3v) is 3.05. The van der Waals surface area contributed by atoms with Gasteiger partial charge in [0.15, 0.2) is 0 Å². The quantitative estimate of drug-likeness (QED) is 0.692. The summed E-state index contributed by atoms with van der Waals surface area (Å²) in [5.74, 6) is 0. The van der Waals surface area contributed by atoms with Gasteiger partial charge in [0.25, 0.3) is 0 Å². The lowest BCUT2D eigenvalue weighted by molar-refractivity contribution is 0.347.